The van der Waals surface area contributed by atoms with Crippen molar-refractivity contribution in [3.05, 3.63) is 95.3 Å². The lowest BCUT2D eigenvalue weighted by Gasteiger charge is -2.57. The van der Waals surface area contributed by atoms with Crippen LogP contribution in [-0.2, 0) is 0 Å². The minimum atomic E-state index is -0.338. The number of ether oxygens (including phenoxy) is 1. The molecule has 2 N–H and O–H groups in total. The first-order valence-corrected chi connectivity index (χ1v) is 13.0. The molecule has 0 unspecified atom stereocenters. The third-order valence-electron chi connectivity index (χ3n) is 7.49. The van der Waals surface area contributed by atoms with Gasteiger partial charge in [0.05, 0.1) is 13.7 Å². The number of nitrogens with zero attached hydrogens (tertiary/aromatic N) is 2. The highest BCUT2D eigenvalue weighted by molar-refractivity contribution is 5.89. The number of aliphatic hydroxyl groups is 1. The second-order valence-electron chi connectivity index (χ2n) is 9.77. The number of carbonyl (C=O) groups excluding carboxylic acids is 1. The Hall–Kier alpha value is -3.86. The summed E-state index contributed by atoms with van der Waals surface area (Å²) in [5.41, 5.74) is 3.54. The number of methoxy groups -OCH3 is 1. The van der Waals surface area contributed by atoms with Gasteiger partial charge in [0.15, 0.2) is 0 Å². The zero-order valence-electron chi connectivity index (χ0n) is 21.4. The summed E-state index contributed by atoms with van der Waals surface area (Å²) < 4.78 is 18.5. The van der Waals surface area contributed by atoms with Crippen molar-refractivity contribution in [1.82, 2.24) is 9.80 Å². The quantitative estimate of drug-likeness (QED) is 0.497. The molecule has 6 nitrogen and oxygen atoms in total. The molecular weight excluding hydrogens is 481 g/mol. The lowest BCUT2D eigenvalue weighted by Crippen LogP contribution is -2.68. The van der Waals surface area contributed by atoms with Crippen molar-refractivity contribution in [1.29, 1.82) is 0 Å². The highest BCUT2D eigenvalue weighted by Gasteiger charge is 2.49. The molecule has 5 rings (SSSR count). The van der Waals surface area contributed by atoms with Crippen LogP contribution in [0.5, 0.6) is 5.75 Å². The molecule has 2 aliphatic rings. The van der Waals surface area contributed by atoms with Gasteiger partial charge in [-0.1, -0.05) is 24.0 Å². The predicted molar refractivity (Wildman–Crippen MR) is 146 cm³/mol. The fourth-order valence-corrected chi connectivity index (χ4v) is 5.47. The second kappa shape index (κ2) is 11.7. The van der Waals surface area contributed by atoms with Crippen LogP contribution in [0.3, 0.4) is 0 Å². The number of hydrogen-bond acceptors (Lipinski definition) is 4. The van der Waals surface area contributed by atoms with E-state index in [0.29, 0.717) is 18.8 Å². The summed E-state index contributed by atoms with van der Waals surface area (Å²) in [5.74, 6) is 6.97. The van der Waals surface area contributed by atoms with Crippen LogP contribution >= 0.6 is 0 Å². The van der Waals surface area contributed by atoms with Gasteiger partial charge in [0.2, 0.25) is 0 Å². The summed E-state index contributed by atoms with van der Waals surface area (Å²) in [6.07, 6.45) is 1.85. The Kier molecular flexibility index (Phi) is 7.92. The Balaban J connectivity index is 1.30. The van der Waals surface area contributed by atoms with Crippen molar-refractivity contribution in [3.63, 3.8) is 0 Å². The van der Waals surface area contributed by atoms with Crippen LogP contribution in [0.4, 0.5) is 14.9 Å². The van der Waals surface area contributed by atoms with Gasteiger partial charge in [-0.3, -0.25) is 4.90 Å². The first-order chi connectivity index (χ1) is 18.6. The third-order valence-corrected chi connectivity index (χ3v) is 7.49. The summed E-state index contributed by atoms with van der Waals surface area (Å²) >= 11 is 0. The van der Waals surface area contributed by atoms with E-state index in [-0.39, 0.29) is 36.5 Å². The maximum Gasteiger partial charge on any atom is 0.321 e. The molecule has 2 fully saturated rings. The molecular formula is C31H32FN3O3. The van der Waals surface area contributed by atoms with Crippen LogP contribution in [0.25, 0.3) is 0 Å². The fraction of sp³-hybridized carbons (Fsp3) is 0.323. The number of urea groups is 1. The molecule has 0 bridgehead atoms. The first kappa shape index (κ1) is 25.8. The van der Waals surface area contributed by atoms with Crippen molar-refractivity contribution in [2.75, 3.05) is 38.7 Å². The van der Waals surface area contributed by atoms with Crippen LogP contribution in [-0.4, -0.2) is 66.4 Å². The summed E-state index contributed by atoms with van der Waals surface area (Å²) in [5, 5.41) is 13.1. The van der Waals surface area contributed by atoms with E-state index in [1.807, 2.05) is 41.3 Å². The van der Waals surface area contributed by atoms with Gasteiger partial charge in [0.25, 0.3) is 0 Å². The number of amides is 2. The molecule has 2 aliphatic heterocycles. The molecule has 0 aromatic heterocycles. The molecule has 7 heteroatoms. The number of fused-ring (bicyclic) bond motifs is 1. The van der Waals surface area contributed by atoms with Gasteiger partial charge in [-0.05, 0) is 85.6 Å². The second-order valence-corrected chi connectivity index (χ2v) is 9.77. The normalized spacial score (nSPS) is 21.1. The van der Waals surface area contributed by atoms with Gasteiger partial charge in [0, 0.05) is 47.9 Å². The van der Waals surface area contributed by atoms with Gasteiger partial charge in [0.1, 0.15) is 11.6 Å². The predicted octanol–water partition coefficient (Wildman–Crippen LogP) is 4.69. The lowest BCUT2D eigenvalue weighted by molar-refractivity contribution is -0.0585. The molecule has 0 spiro atoms. The van der Waals surface area contributed by atoms with E-state index in [9.17, 15) is 14.3 Å². The molecule has 3 aromatic rings. The molecule has 0 aliphatic carbocycles. The van der Waals surface area contributed by atoms with E-state index in [2.05, 4.69) is 34.2 Å². The maximum atomic E-state index is 13.3. The van der Waals surface area contributed by atoms with E-state index in [0.717, 1.165) is 41.8 Å². The summed E-state index contributed by atoms with van der Waals surface area (Å²) in [6.45, 7) is 2.20. The molecule has 0 radical (unpaired) electrons. The summed E-state index contributed by atoms with van der Waals surface area (Å²) in [6, 6.07) is 21.6. The number of benzene rings is 3. The van der Waals surface area contributed by atoms with Gasteiger partial charge in [-0.2, -0.15) is 0 Å². The Morgan fingerprint density at radius 3 is 2.24 bits per heavy atom. The van der Waals surface area contributed by atoms with Crippen molar-refractivity contribution in [2.45, 2.75) is 30.8 Å². The van der Waals surface area contributed by atoms with Crippen LogP contribution in [0.2, 0.25) is 0 Å². The molecule has 2 saturated heterocycles. The minimum Gasteiger partial charge on any atom is -0.497 e. The van der Waals surface area contributed by atoms with Crippen LogP contribution in [0, 0.1) is 17.7 Å². The van der Waals surface area contributed by atoms with E-state index < -0.39 is 0 Å². The highest BCUT2D eigenvalue weighted by atomic mass is 19.1. The number of nitrogens with one attached hydrogen (secondary N) is 1. The Bertz CT molecular complexity index is 1300. The first-order valence-electron chi connectivity index (χ1n) is 13.0. The van der Waals surface area contributed by atoms with Gasteiger partial charge in [-0.15, -0.1) is 0 Å². The van der Waals surface area contributed by atoms with E-state index in [1.165, 1.54) is 12.1 Å². The third kappa shape index (κ3) is 5.67. The smallest absolute Gasteiger partial charge is 0.321 e. The SMILES string of the molecule is COc1ccc(C#Cc2ccc([C@H]3[C@H]4CN(C(=O)Nc5ccc(F)cc5)CCCCN4[C@H]3CO)cc2)cc1. The van der Waals surface area contributed by atoms with Crippen LogP contribution in [0.15, 0.2) is 72.8 Å². The topological polar surface area (TPSA) is 65.0 Å². The minimum absolute atomic E-state index is 0.0244. The van der Waals surface area contributed by atoms with Gasteiger partial charge in [-0.25, -0.2) is 9.18 Å². The molecule has 3 atom stereocenters. The number of anilines is 1. The van der Waals surface area contributed by atoms with Crippen molar-refractivity contribution < 1.29 is 19.0 Å². The average molecular weight is 514 g/mol. The maximum absolute atomic E-state index is 13.3. The number of carbonyl (C=O) groups is 1. The Labute approximate surface area is 223 Å². The van der Waals surface area contributed by atoms with Crippen molar-refractivity contribution in [3.8, 4) is 17.6 Å². The Morgan fingerprint density at radius 2 is 1.61 bits per heavy atom. The lowest BCUT2D eigenvalue weighted by atomic mass is 9.74. The van der Waals surface area contributed by atoms with Crippen molar-refractivity contribution in [2.24, 2.45) is 0 Å². The largest absolute Gasteiger partial charge is 0.497 e. The number of rotatable bonds is 4. The molecule has 38 heavy (non-hydrogen) atoms. The number of hydrogen-bond donors (Lipinski definition) is 2. The van der Waals surface area contributed by atoms with E-state index in [4.69, 9.17) is 4.74 Å². The fourth-order valence-electron chi connectivity index (χ4n) is 5.47. The van der Waals surface area contributed by atoms with Gasteiger partial charge >= 0.3 is 6.03 Å². The van der Waals surface area contributed by atoms with Gasteiger partial charge < -0.3 is 20.1 Å². The molecule has 2 heterocycles. The number of aliphatic hydroxyl groups excluding tert-OH is 1. The van der Waals surface area contributed by atoms with Crippen LogP contribution in [0.1, 0.15) is 35.4 Å². The molecule has 3 aromatic carbocycles. The molecule has 0 saturated carbocycles. The Morgan fingerprint density at radius 1 is 0.974 bits per heavy atom. The van der Waals surface area contributed by atoms with E-state index >= 15 is 0 Å². The van der Waals surface area contributed by atoms with Crippen molar-refractivity contribution >= 4 is 11.7 Å². The number of halogens is 1. The van der Waals surface area contributed by atoms with Crippen LogP contribution < -0.4 is 10.1 Å². The van der Waals surface area contributed by atoms with E-state index in [1.54, 1.807) is 19.2 Å². The molecule has 196 valence electrons. The molecule has 2 amide bonds. The summed E-state index contributed by atoms with van der Waals surface area (Å²) in [7, 11) is 1.64. The monoisotopic (exact) mass is 513 g/mol. The zero-order chi connectivity index (χ0) is 26.5. The zero-order valence-corrected chi connectivity index (χ0v) is 21.4. The highest BCUT2D eigenvalue weighted by Crippen LogP contribution is 2.42. The standard InChI is InChI=1S/C31H32FN3O3/c1-38-27-16-8-23(9-17-27)5-4-22-6-10-24(11-7-22)30-28-20-34(18-2-3-19-35(28)29(30)21-36)31(37)33-26-14-12-25(32)13-15-26/h6-17,28-30,36H,2-3,18-21H2,1H3,(H,33,37)/t28-,29+,30+/m1/s1. The average Bonchev–Trinajstić information content (AvgIpc) is 2.93. The summed E-state index contributed by atoms with van der Waals surface area (Å²) in [4.78, 5) is 17.3.